The van der Waals surface area contributed by atoms with Gasteiger partial charge in [0, 0.05) is 0 Å². The molecule has 7 nitrogen and oxygen atoms in total. The van der Waals surface area contributed by atoms with Crippen molar-refractivity contribution in [3.05, 3.63) is 47.1 Å². The third-order valence-corrected chi connectivity index (χ3v) is 2.78. The van der Waals surface area contributed by atoms with Crippen LogP contribution in [0, 0.1) is 34.0 Å². The second-order valence-electron chi connectivity index (χ2n) is 3.69. The van der Waals surface area contributed by atoms with E-state index in [1.54, 1.807) is 36.4 Å². The van der Waals surface area contributed by atoms with Gasteiger partial charge in [-0.05, 0) is 12.1 Å². The van der Waals surface area contributed by atoms with E-state index in [-0.39, 0.29) is 11.3 Å². The molecule has 2 aromatic rings. The van der Waals surface area contributed by atoms with Gasteiger partial charge in [-0.25, -0.2) is 9.67 Å². The Morgan fingerprint density at radius 2 is 1.95 bits per heavy atom. The van der Waals surface area contributed by atoms with Gasteiger partial charge in [0.05, 0.1) is 10.7 Å². The van der Waals surface area contributed by atoms with Crippen LogP contribution >= 0.6 is 11.6 Å². The van der Waals surface area contributed by atoms with Crippen molar-refractivity contribution < 1.29 is 0 Å². The summed E-state index contributed by atoms with van der Waals surface area (Å²) in [6, 6.07) is 10.1. The molecule has 0 atom stereocenters. The third-order valence-electron chi connectivity index (χ3n) is 2.48. The molecule has 1 aromatic carbocycles. The molecule has 1 N–H and O–H groups in total. The number of nitriles is 3. The molecule has 1 heterocycles. The molecule has 0 fully saturated rings. The van der Waals surface area contributed by atoms with E-state index in [4.69, 9.17) is 27.4 Å². The second-order valence-corrected chi connectivity index (χ2v) is 4.09. The van der Waals surface area contributed by atoms with Gasteiger partial charge in [-0.15, -0.1) is 0 Å². The van der Waals surface area contributed by atoms with Gasteiger partial charge in [0.1, 0.15) is 42.2 Å². The number of allylic oxidation sites excluding steroid dienone is 2. The number of nitrogens with zero attached hydrogens (tertiary/aromatic N) is 6. The quantitative estimate of drug-likeness (QED) is 0.868. The molecule has 2 rings (SSSR count). The first-order chi connectivity index (χ1) is 10.2. The monoisotopic (exact) mass is 295 g/mol. The van der Waals surface area contributed by atoms with Gasteiger partial charge in [-0.3, -0.25) is 0 Å². The van der Waals surface area contributed by atoms with Crippen molar-refractivity contribution in [2.75, 3.05) is 5.32 Å². The number of aromatic nitrogens is 3. The third kappa shape index (κ3) is 2.82. The Kier molecular flexibility index (Phi) is 4.16. The van der Waals surface area contributed by atoms with Crippen LogP contribution in [0.5, 0.6) is 0 Å². The molecule has 0 radical (unpaired) electrons. The zero-order valence-corrected chi connectivity index (χ0v) is 11.2. The fourth-order valence-corrected chi connectivity index (χ4v) is 1.85. The molecule has 21 heavy (non-hydrogen) atoms. The first-order valence-corrected chi connectivity index (χ1v) is 5.94. The molecule has 0 aliphatic heterocycles. The molecule has 0 saturated heterocycles. The molecule has 0 aliphatic rings. The maximum atomic E-state index is 9.07. The van der Waals surface area contributed by atoms with Gasteiger partial charge in [0.25, 0.3) is 0 Å². The summed E-state index contributed by atoms with van der Waals surface area (Å²) >= 11 is 6.14. The highest BCUT2D eigenvalue weighted by Gasteiger charge is 2.13. The Morgan fingerprint density at radius 3 is 2.52 bits per heavy atom. The van der Waals surface area contributed by atoms with E-state index in [1.807, 2.05) is 0 Å². The number of rotatable bonds is 3. The van der Waals surface area contributed by atoms with Crippen molar-refractivity contribution in [2.24, 2.45) is 0 Å². The molecule has 1 aromatic heterocycles. The Hall–Kier alpha value is -3.34. The van der Waals surface area contributed by atoms with Crippen LogP contribution in [-0.2, 0) is 0 Å². The van der Waals surface area contributed by atoms with E-state index in [0.29, 0.717) is 16.4 Å². The normalized spacial score (nSPS) is 9.05. The highest BCUT2D eigenvalue weighted by molar-refractivity contribution is 6.33. The van der Waals surface area contributed by atoms with Gasteiger partial charge < -0.3 is 5.32 Å². The topological polar surface area (TPSA) is 114 Å². The number of hydrogen-bond donors (Lipinski definition) is 1. The summed E-state index contributed by atoms with van der Waals surface area (Å²) in [7, 11) is 0. The number of anilines is 1. The fourth-order valence-electron chi connectivity index (χ4n) is 1.59. The van der Waals surface area contributed by atoms with Crippen molar-refractivity contribution in [3.8, 4) is 23.9 Å². The average molecular weight is 296 g/mol. The number of hydrogen-bond acceptors (Lipinski definition) is 6. The van der Waals surface area contributed by atoms with Crippen LogP contribution in [0.25, 0.3) is 5.69 Å². The average Bonchev–Trinajstić information content (AvgIpc) is 3.01. The van der Waals surface area contributed by atoms with Crippen molar-refractivity contribution in [2.45, 2.75) is 0 Å². The highest BCUT2D eigenvalue weighted by Crippen LogP contribution is 2.28. The molecular weight excluding hydrogens is 290 g/mol. The predicted molar refractivity (Wildman–Crippen MR) is 73.9 cm³/mol. The number of halogens is 1. The van der Waals surface area contributed by atoms with E-state index in [0.717, 1.165) is 0 Å². The van der Waals surface area contributed by atoms with Crippen LogP contribution in [-0.4, -0.2) is 14.8 Å². The van der Waals surface area contributed by atoms with E-state index in [9.17, 15) is 0 Å². The lowest BCUT2D eigenvalue weighted by molar-refractivity contribution is 0.880. The van der Waals surface area contributed by atoms with Crippen molar-refractivity contribution >= 4 is 17.3 Å². The van der Waals surface area contributed by atoms with Crippen molar-refractivity contribution in [3.63, 3.8) is 0 Å². The van der Waals surface area contributed by atoms with E-state index < -0.39 is 0 Å². The summed E-state index contributed by atoms with van der Waals surface area (Å²) in [4.78, 5) is 3.83. The summed E-state index contributed by atoms with van der Waals surface area (Å²) in [5.41, 5.74) is 0.401. The summed E-state index contributed by atoms with van der Waals surface area (Å²) < 4.78 is 1.41. The van der Waals surface area contributed by atoms with Crippen molar-refractivity contribution in [1.82, 2.24) is 14.8 Å². The summed E-state index contributed by atoms with van der Waals surface area (Å²) in [6.45, 7) is 0. The molecule has 0 amide bonds. The lowest BCUT2D eigenvalue weighted by Gasteiger charge is -2.12. The minimum Gasteiger partial charge on any atom is -0.343 e. The summed E-state index contributed by atoms with van der Waals surface area (Å²) in [6.07, 6.45) is 2.78. The van der Waals surface area contributed by atoms with Gasteiger partial charge >= 0.3 is 0 Å². The van der Waals surface area contributed by atoms with Gasteiger partial charge in [0.15, 0.2) is 5.57 Å². The molecular formula is C13H6ClN7. The SMILES string of the molecule is N#CC(C#N)=C(C#N)Nc1cccc(Cl)c1-n1cncn1. The maximum Gasteiger partial charge on any atom is 0.163 e. The standard InChI is InChI=1S/C13H6ClN7/c14-10-2-1-3-11(13(10)21-8-18-7-19-21)20-12(6-17)9(4-15)5-16/h1-3,7-8,20H. The van der Waals surface area contributed by atoms with E-state index in [1.165, 1.54) is 17.3 Å². The largest absolute Gasteiger partial charge is 0.343 e. The van der Waals surface area contributed by atoms with Gasteiger partial charge in [-0.1, -0.05) is 17.7 Å². The minimum atomic E-state index is -0.318. The molecule has 0 saturated carbocycles. The second kappa shape index (κ2) is 6.21. The maximum absolute atomic E-state index is 9.07. The molecule has 0 bridgehead atoms. The minimum absolute atomic E-state index is 0.163. The Morgan fingerprint density at radius 1 is 1.19 bits per heavy atom. The molecule has 0 unspecified atom stereocenters. The van der Waals surface area contributed by atoms with Crippen LogP contribution in [0.4, 0.5) is 5.69 Å². The Balaban J connectivity index is 2.56. The van der Waals surface area contributed by atoms with Crippen LogP contribution in [0.15, 0.2) is 42.1 Å². The molecule has 0 aliphatic carbocycles. The number of para-hydroxylation sites is 1. The fraction of sp³-hybridized carbons (Fsp3) is 0. The summed E-state index contributed by atoms with van der Waals surface area (Å²) in [5, 5.41) is 33.8. The molecule has 0 spiro atoms. The lowest BCUT2D eigenvalue weighted by Crippen LogP contribution is -2.06. The lowest BCUT2D eigenvalue weighted by atomic mass is 10.2. The smallest absolute Gasteiger partial charge is 0.163 e. The molecule has 8 heteroatoms. The zero-order valence-electron chi connectivity index (χ0n) is 10.4. The van der Waals surface area contributed by atoms with Crippen LogP contribution in [0.3, 0.4) is 0 Å². The van der Waals surface area contributed by atoms with Crippen LogP contribution in [0.1, 0.15) is 0 Å². The first-order valence-electron chi connectivity index (χ1n) is 5.56. The Bertz CT molecular complexity index is 800. The van der Waals surface area contributed by atoms with Gasteiger partial charge in [0.2, 0.25) is 0 Å². The zero-order chi connectivity index (χ0) is 15.2. The summed E-state index contributed by atoms with van der Waals surface area (Å²) in [5.74, 6) is 0. The van der Waals surface area contributed by atoms with E-state index >= 15 is 0 Å². The predicted octanol–water partition coefficient (Wildman–Crippen LogP) is 2.16. The van der Waals surface area contributed by atoms with Crippen molar-refractivity contribution in [1.29, 1.82) is 15.8 Å². The molecule has 100 valence electrons. The highest BCUT2D eigenvalue weighted by atomic mass is 35.5. The van der Waals surface area contributed by atoms with E-state index in [2.05, 4.69) is 15.4 Å². The number of benzene rings is 1. The van der Waals surface area contributed by atoms with Crippen LogP contribution in [0.2, 0.25) is 5.02 Å². The number of nitrogens with one attached hydrogen (secondary N) is 1. The van der Waals surface area contributed by atoms with Gasteiger partial charge in [-0.2, -0.15) is 20.9 Å². The first kappa shape index (κ1) is 14.1. The van der Waals surface area contributed by atoms with Crippen LogP contribution < -0.4 is 5.32 Å². The Labute approximate surface area is 124 Å².